The third-order valence-corrected chi connectivity index (χ3v) is 8.93. The molecule has 5 aromatic rings. The molecule has 0 aliphatic rings. The molecule has 1 heterocycles. The molecule has 232 valence electrons. The monoisotopic (exact) mass is 795 g/mol. The number of benzene rings is 4. The van der Waals surface area contributed by atoms with Crippen LogP contribution in [0.1, 0.15) is 48.9 Å². The van der Waals surface area contributed by atoms with E-state index in [1.165, 1.54) is 4.68 Å². The third kappa shape index (κ3) is 7.18. The highest BCUT2D eigenvalue weighted by Crippen LogP contribution is 2.37. The highest BCUT2D eigenvalue weighted by Gasteiger charge is 2.19. The Bertz CT molecular complexity index is 1970. The molecule has 4 aromatic carbocycles. The van der Waals surface area contributed by atoms with Crippen LogP contribution < -0.4 is 19.8 Å². The molecule has 1 aromatic heterocycles. The molecule has 5 rings (SSSR count). The average molecular weight is 798 g/mol. The van der Waals surface area contributed by atoms with Crippen molar-refractivity contribution >= 4 is 64.9 Å². The van der Waals surface area contributed by atoms with Crippen LogP contribution in [-0.4, -0.2) is 29.6 Å². The fourth-order valence-corrected chi connectivity index (χ4v) is 6.59. The van der Waals surface area contributed by atoms with Crippen molar-refractivity contribution < 1.29 is 14.2 Å². The summed E-state index contributed by atoms with van der Waals surface area (Å²) in [5, 5.41) is 5.22. The maximum absolute atomic E-state index is 14.0. The number of nitrogens with zero attached hydrogens (tertiary/aromatic N) is 3. The minimum Gasteiger partial charge on any atom is -0.494 e. The van der Waals surface area contributed by atoms with E-state index in [4.69, 9.17) is 24.3 Å². The number of halogens is 3. The lowest BCUT2D eigenvalue weighted by atomic mass is 9.96. The Hall–Kier alpha value is -3.47. The van der Waals surface area contributed by atoms with Gasteiger partial charge in [0, 0.05) is 30.1 Å². The molecule has 0 saturated heterocycles. The van der Waals surface area contributed by atoms with Gasteiger partial charge in [0.25, 0.3) is 5.56 Å². The number of fused-ring (bicyclic) bond motifs is 1. The summed E-state index contributed by atoms with van der Waals surface area (Å²) in [7, 11) is 1.59. The van der Waals surface area contributed by atoms with Crippen LogP contribution in [0.25, 0.3) is 22.3 Å². The van der Waals surface area contributed by atoms with Crippen molar-refractivity contribution in [3.05, 3.63) is 113 Å². The van der Waals surface area contributed by atoms with Gasteiger partial charge in [0.05, 0.1) is 30.8 Å². The maximum Gasteiger partial charge on any atom is 0.282 e. The fourth-order valence-electron chi connectivity index (χ4n) is 4.98. The van der Waals surface area contributed by atoms with Crippen molar-refractivity contribution in [2.45, 2.75) is 40.2 Å². The van der Waals surface area contributed by atoms with E-state index in [2.05, 4.69) is 67.7 Å². The standard InChI is InChI=1S/C35H32Br3N3O4/c1-6-44-31-13-21(4)28(17-27(31)20(2)3)34-40-30-10-8-7-9-26(30)35(42)41(34)39-18-23-14-25(37)16-32(43-5)33(23)45-19-22-11-12-24(36)15-29(22)38/h7-18,20H,6,19H2,1-5H3. The Labute approximate surface area is 287 Å². The highest BCUT2D eigenvalue weighted by molar-refractivity contribution is 9.11. The van der Waals surface area contributed by atoms with Gasteiger partial charge in [-0.3, -0.25) is 4.79 Å². The van der Waals surface area contributed by atoms with Gasteiger partial charge < -0.3 is 14.2 Å². The van der Waals surface area contributed by atoms with Crippen LogP contribution in [0.5, 0.6) is 17.2 Å². The van der Waals surface area contributed by atoms with Gasteiger partial charge in [-0.15, -0.1) is 0 Å². The van der Waals surface area contributed by atoms with Crippen LogP contribution in [0.15, 0.2) is 90.0 Å². The number of aryl methyl sites for hydroxylation is 1. The van der Waals surface area contributed by atoms with E-state index in [0.717, 1.165) is 41.4 Å². The molecule has 0 spiro atoms. The predicted octanol–water partition coefficient (Wildman–Crippen LogP) is 9.65. The van der Waals surface area contributed by atoms with Crippen LogP contribution >= 0.6 is 47.8 Å². The van der Waals surface area contributed by atoms with Gasteiger partial charge in [-0.25, -0.2) is 4.98 Å². The van der Waals surface area contributed by atoms with E-state index in [9.17, 15) is 4.79 Å². The van der Waals surface area contributed by atoms with Crippen LogP contribution in [-0.2, 0) is 6.61 Å². The Kier molecular flexibility index (Phi) is 10.5. The Morgan fingerprint density at radius 1 is 0.956 bits per heavy atom. The summed E-state index contributed by atoms with van der Waals surface area (Å²) in [5.41, 5.74) is 4.63. The smallest absolute Gasteiger partial charge is 0.282 e. The maximum atomic E-state index is 14.0. The molecule has 7 nitrogen and oxygen atoms in total. The second-order valence-corrected chi connectivity index (χ2v) is 13.3. The van der Waals surface area contributed by atoms with Gasteiger partial charge >= 0.3 is 0 Å². The van der Waals surface area contributed by atoms with Crippen molar-refractivity contribution in [2.75, 3.05) is 13.7 Å². The number of methoxy groups -OCH3 is 1. The van der Waals surface area contributed by atoms with Crippen molar-refractivity contribution in [2.24, 2.45) is 5.10 Å². The van der Waals surface area contributed by atoms with E-state index in [0.29, 0.717) is 40.4 Å². The third-order valence-electron chi connectivity index (χ3n) is 7.24. The summed E-state index contributed by atoms with van der Waals surface area (Å²) in [4.78, 5) is 19.0. The number of aromatic nitrogens is 2. The molecule has 0 saturated carbocycles. The number of ether oxygens (including phenoxy) is 3. The molecule has 0 fully saturated rings. The summed E-state index contributed by atoms with van der Waals surface area (Å²) in [6, 6.07) is 21.0. The van der Waals surface area contributed by atoms with E-state index < -0.39 is 0 Å². The molecule has 0 aliphatic heterocycles. The first-order valence-corrected chi connectivity index (χ1v) is 16.8. The lowest BCUT2D eigenvalue weighted by Crippen LogP contribution is -2.21. The Balaban J connectivity index is 1.67. The first-order chi connectivity index (χ1) is 21.6. The molecule has 0 atom stereocenters. The van der Waals surface area contributed by atoms with Crippen molar-refractivity contribution in [3.8, 4) is 28.6 Å². The summed E-state index contributed by atoms with van der Waals surface area (Å²) < 4.78 is 22.0. The van der Waals surface area contributed by atoms with Gasteiger partial charge in [0.15, 0.2) is 17.3 Å². The molecule has 0 N–H and O–H groups in total. The van der Waals surface area contributed by atoms with Crippen molar-refractivity contribution in [1.29, 1.82) is 0 Å². The molecule has 0 amide bonds. The lowest BCUT2D eigenvalue weighted by molar-refractivity contribution is 0.283. The van der Waals surface area contributed by atoms with Crippen LogP contribution in [0, 0.1) is 6.92 Å². The quantitative estimate of drug-likeness (QED) is 0.132. The number of rotatable bonds is 10. The average Bonchev–Trinajstić information content (AvgIpc) is 3.00. The molecule has 0 radical (unpaired) electrons. The van der Waals surface area contributed by atoms with Gasteiger partial charge in [-0.05, 0) is 79.4 Å². The highest BCUT2D eigenvalue weighted by atomic mass is 79.9. The SMILES string of the molecule is CCOc1cc(C)c(-c2nc3ccccc3c(=O)n2N=Cc2cc(Br)cc(OC)c2OCc2ccc(Br)cc2Br)cc1C(C)C. The molecule has 0 bridgehead atoms. The molecular weight excluding hydrogens is 766 g/mol. The van der Waals surface area contributed by atoms with Crippen LogP contribution in [0.2, 0.25) is 0 Å². The van der Waals surface area contributed by atoms with Gasteiger partial charge in [-0.1, -0.05) is 79.8 Å². The zero-order chi connectivity index (χ0) is 32.2. The predicted molar refractivity (Wildman–Crippen MR) is 191 cm³/mol. The van der Waals surface area contributed by atoms with Gasteiger partial charge in [0.2, 0.25) is 0 Å². The number of para-hydroxylation sites is 1. The second kappa shape index (κ2) is 14.3. The lowest BCUT2D eigenvalue weighted by Gasteiger charge is -2.18. The Morgan fingerprint density at radius 2 is 1.73 bits per heavy atom. The summed E-state index contributed by atoms with van der Waals surface area (Å²) in [5.74, 6) is 2.46. The largest absolute Gasteiger partial charge is 0.494 e. The zero-order valence-corrected chi connectivity index (χ0v) is 30.3. The minimum absolute atomic E-state index is 0.189. The summed E-state index contributed by atoms with van der Waals surface area (Å²) in [6.45, 7) is 9.02. The normalized spacial score (nSPS) is 11.5. The number of hydrogen-bond donors (Lipinski definition) is 0. The summed E-state index contributed by atoms with van der Waals surface area (Å²) in [6.07, 6.45) is 1.61. The van der Waals surface area contributed by atoms with Crippen LogP contribution in [0.3, 0.4) is 0 Å². The van der Waals surface area contributed by atoms with Crippen LogP contribution in [0.4, 0.5) is 0 Å². The number of hydrogen-bond acceptors (Lipinski definition) is 6. The minimum atomic E-state index is -0.283. The van der Waals surface area contributed by atoms with Gasteiger partial charge in [0.1, 0.15) is 12.4 Å². The second-order valence-electron chi connectivity index (χ2n) is 10.7. The first-order valence-electron chi connectivity index (χ1n) is 14.4. The summed E-state index contributed by atoms with van der Waals surface area (Å²) >= 11 is 10.7. The molecule has 45 heavy (non-hydrogen) atoms. The molecule has 10 heteroatoms. The first kappa shape index (κ1) is 32.9. The molecular formula is C35H32Br3N3O4. The van der Waals surface area contributed by atoms with E-state index in [1.807, 2.05) is 68.4 Å². The zero-order valence-electron chi connectivity index (χ0n) is 25.5. The van der Waals surface area contributed by atoms with E-state index in [1.54, 1.807) is 19.4 Å². The fraction of sp³-hybridized carbons (Fsp3) is 0.229. The molecule has 0 aliphatic carbocycles. The van der Waals surface area contributed by atoms with Gasteiger partial charge in [-0.2, -0.15) is 9.78 Å². The van der Waals surface area contributed by atoms with Crippen molar-refractivity contribution in [3.63, 3.8) is 0 Å². The topological polar surface area (TPSA) is 74.9 Å². The van der Waals surface area contributed by atoms with Crippen molar-refractivity contribution in [1.82, 2.24) is 9.66 Å². The Morgan fingerprint density at radius 3 is 2.44 bits per heavy atom. The molecule has 0 unspecified atom stereocenters. The van der Waals surface area contributed by atoms with E-state index >= 15 is 0 Å². The van der Waals surface area contributed by atoms with E-state index in [-0.39, 0.29) is 18.1 Å².